The zero-order chi connectivity index (χ0) is 15.3. The highest BCUT2D eigenvalue weighted by Gasteiger charge is 2.15. The van der Waals surface area contributed by atoms with E-state index in [2.05, 4.69) is 30.1 Å². The molecular weight excluding hydrogens is 296 g/mol. The molecule has 0 saturated carbocycles. The maximum Gasteiger partial charge on any atom is 0.243 e. The van der Waals surface area contributed by atoms with Crippen LogP contribution in [0.1, 0.15) is 18.6 Å². The van der Waals surface area contributed by atoms with Crippen LogP contribution in [0.15, 0.2) is 21.8 Å². The molecule has 0 aliphatic rings. The van der Waals surface area contributed by atoms with Crippen molar-refractivity contribution in [1.82, 2.24) is 24.8 Å². The molecule has 21 heavy (non-hydrogen) atoms. The lowest BCUT2D eigenvalue weighted by atomic mass is 10.4. The molecule has 0 unspecified atom stereocenters. The maximum absolute atomic E-state index is 12.0. The SMILES string of the molecule is CCNc1ncc(S(=O)(=O)NCCc2noc(C)n2)cn1. The number of nitrogens with one attached hydrogen (secondary N) is 2. The van der Waals surface area contributed by atoms with Gasteiger partial charge in [-0.1, -0.05) is 5.16 Å². The molecule has 2 aromatic rings. The van der Waals surface area contributed by atoms with Gasteiger partial charge in [0.15, 0.2) is 5.82 Å². The minimum Gasteiger partial charge on any atom is -0.355 e. The van der Waals surface area contributed by atoms with Crippen LogP contribution in [0.4, 0.5) is 5.95 Å². The standard InChI is InChI=1S/C11H16N6O3S/c1-3-12-11-13-6-9(7-14-11)21(18,19)15-5-4-10-16-8(2)20-17-10/h6-7,15H,3-5H2,1-2H3,(H,12,13,14). The Morgan fingerprint density at radius 2 is 2.00 bits per heavy atom. The minimum atomic E-state index is -3.64. The van der Waals surface area contributed by atoms with E-state index in [4.69, 9.17) is 4.52 Å². The van der Waals surface area contributed by atoms with Gasteiger partial charge >= 0.3 is 0 Å². The fourth-order valence-electron chi connectivity index (χ4n) is 1.53. The summed E-state index contributed by atoms with van der Waals surface area (Å²) < 4.78 is 31.3. The molecule has 2 N–H and O–H groups in total. The predicted molar refractivity (Wildman–Crippen MR) is 74.1 cm³/mol. The van der Waals surface area contributed by atoms with Crippen LogP contribution in [0.5, 0.6) is 0 Å². The Morgan fingerprint density at radius 3 is 2.57 bits per heavy atom. The first-order chi connectivity index (χ1) is 10.0. The van der Waals surface area contributed by atoms with Gasteiger partial charge in [-0.15, -0.1) is 0 Å². The second kappa shape index (κ2) is 6.59. The molecule has 114 valence electrons. The number of rotatable bonds is 7. The molecule has 0 spiro atoms. The average Bonchev–Trinajstić information content (AvgIpc) is 2.85. The zero-order valence-electron chi connectivity index (χ0n) is 11.7. The van der Waals surface area contributed by atoms with Gasteiger partial charge in [-0.2, -0.15) is 4.98 Å². The highest BCUT2D eigenvalue weighted by molar-refractivity contribution is 7.89. The van der Waals surface area contributed by atoms with Crippen LogP contribution in [0.3, 0.4) is 0 Å². The van der Waals surface area contributed by atoms with E-state index in [0.29, 0.717) is 30.6 Å². The van der Waals surface area contributed by atoms with E-state index in [1.165, 1.54) is 12.4 Å². The molecule has 2 heterocycles. The molecule has 0 atom stereocenters. The number of hydrogen-bond donors (Lipinski definition) is 2. The smallest absolute Gasteiger partial charge is 0.243 e. The Labute approximate surface area is 122 Å². The Kier molecular flexibility index (Phi) is 4.81. The molecule has 0 fully saturated rings. The Morgan fingerprint density at radius 1 is 1.29 bits per heavy atom. The Hall–Kier alpha value is -2.07. The second-order valence-electron chi connectivity index (χ2n) is 4.15. The fraction of sp³-hybridized carbons (Fsp3) is 0.455. The highest BCUT2D eigenvalue weighted by atomic mass is 32.2. The molecule has 2 rings (SSSR count). The topological polar surface area (TPSA) is 123 Å². The number of hydrogen-bond acceptors (Lipinski definition) is 8. The van der Waals surface area contributed by atoms with E-state index in [9.17, 15) is 8.42 Å². The van der Waals surface area contributed by atoms with E-state index >= 15 is 0 Å². The number of sulfonamides is 1. The summed E-state index contributed by atoms with van der Waals surface area (Å²) in [5, 5.41) is 6.58. The van der Waals surface area contributed by atoms with Gasteiger partial charge in [-0.05, 0) is 6.92 Å². The third kappa shape index (κ3) is 4.20. The second-order valence-corrected chi connectivity index (χ2v) is 5.92. The number of nitrogens with zero attached hydrogens (tertiary/aromatic N) is 4. The van der Waals surface area contributed by atoms with Gasteiger partial charge in [0.1, 0.15) is 4.90 Å². The number of aromatic nitrogens is 4. The highest BCUT2D eigenvalue weighted by Crippen LogP contribution is 2.07. The summed E-state index contributed by atoms with van der Waals surface area (Å²) in [6, 6.07) is 0. The molecule has 0 saturated heterocycles. The van der Waals surface area contributed by atoms with Crippen molar-refractivity contribution in [3.63, 3.8) is 0 Å². The molecule has 0 aliphatic heterocycles. The third-order valence-corrected chi connectivity index (χ3v) is 3.90. The average molecular weight is 312 g/mol. The van der Waals surface area contributed by atoms with E-state index < -0.39 is 10.0 Å². The van der Waals surface area contributed by atoms with Gasteiger partial charge in [0.25, 0.3) is 0 Å². The van der Waals surface area contributed by atoms with Gasteiger partial charge in [0.2, 0.25) is 21.9 Å². The number of aryl methyl sites for hydroxylation is 1. The van der Waals surface area contributed by atoms with E-state index in [0.717, 1.165) is 0 Å². The van der Waals surface area contributed by atoms with Crippen LogP contribution in [-0.2, 0) is 16.4 Å². The first-order valence-corrected chi connectivity index (χ1v) is 7.84. The molecular formula is C11H16N6O3S. The van der Waals surface area contributed by atoms with Crippen molar-refractivity contribution >= 4 is 16.0 Å². The van der Waals surface area contributed by atoms with Crippen LogP contribution in [0.2, 0.25) is 0 Å². The molecule has 9 nitrogen and oxygen atoms in total. The summed E-state index contributed by atoms with van der Waals surface area (Å²) in [5.41, 5.74) is 0. The first kappa shape index (κ1) is 15.3. The van der Waals surface area contributed by atoms with Crippen molar-refractivity contribution in [3.8, 4) is 0 Å². The lowest BCUT2D eigenvalue weighted by molar-refractivity contribution is 0.387. The van der Waals surface area contributed by atoms with Crippen molar-refractivity contribution in [2.24, 2.45) is 0 Å². The Bertz CT molecular complexity index is 682. The quantitative estimate of drug-likeness (QED) is 0.739. The van der Waals surface area contributed by atoms with Crippen molar-refractivity contribution in [2.75, 3.05) is 18.4 Å². The number of anilines is 1. The van der Waals surface area contributed by atoms with Crippen LogP contribution >= 0.6 is 0 Å². The monoisotopic (exact) mass is 312 g/mol. The largest absolute Gasteiger partial charge is 0.355 e. The van der Waals surface area contributed by atoms with Crippen molar-refractivity contribution in [2.45, 2.75) is 25.2 Å². The Balaban J connectivity index is 1.94. The van der Waals surface area contributed by atoms with Crippen molar-refractivity contribution in [3.05, 3.63) is 24.1 Å². The lowest BCUT2D eigenvalue weighted by Gasteiger charge is -2.06. The predicted octanol–water partition coefficient (Wildman–Crippen LogP) is 0.121. The first-order valence-electron chi connectivity index (χ1n) is 6.36. The molecule has 0 bridgehead atoms. The van der Waals surface area contributed by atoms with Crippen molar-refractivity contribution < 1.29 is 12.9 Å². The molecule has 0 aromatic carbocycles. The van der Waals surface area contributed by atoms with Gasteiger partial charge in [0, 0.05) is 26.4 Å². The summed E-state index contributed by atoms with van der Waals surface area (Å²) in [6.07, 6.45) is 2.85. The molecule has 0 amide bonds. The third-order valence-electron chi connectivity index (χ3n) is 2.48. The summed E-state index contributed by atoms with van der Waals surface area (Å²) in [5.74, 6) is 1.29. The zero-order valence-corrected chi connectivity index (χ0v) is 12.5. The van der Waals surface area contributed by atoms with Crippen LogP contribution in [0, 0.1) is 6.92 Å². The van der Waals surface area contributed by atoms with E-state index in [1.807, 2.05) is 6.92 Å². The summed E-state index contributed by atoms with van der Waals surface area (Å²) >= 11 is 0. The molecule has 2 aromatic heterocycles. The van der Waals surface area contributed by atoms with Crippen LogP contribution in [-0.4, -0.2) is 41.6 Å². The van der Waals surface area contributed by atoms with Gasteiger partial charge in [0.05, 0.1) is 12.4 Å². The lowest BCUT2D eigenvalue weighted by Crippen LogP contribution is -2.26. The summed E-state index contributed by atoms with van der Waals surface area (Å²) in [6.45, 7) is 4.39. The fourth-order valence-corrected chi connectivity index (χ4v) is 2.45. The van der Waals surface area contributed by atoms with Gasteiger partial charge in [-0.3, -0.25) is 0 Å². The van der Waals surface area contributed by atoms with E-state index in [-0.39, 0.29) is 11.4 Å². The van der Waals surface area contributed by atoms with E-state index in [1.54, 1.807) is 6.92 Å². The minimum absolute atomic E-state index is 0.00782. The molecule has 0 radical (unpaired) electrons. The summed E-state index contributed by atoms with van der Waals surface area (Å²) in [4.78, 5) is 11.8. The van der Waals surface area contributed by atoms with Crippen molar-refractivity contribution in [1.29, 1.82) is 0 Å². The van der Waals surface area contributed by atoms with Crippen LogP contribution < -0.4 is 10.0 Å². The molecule has 10 heteroatoms. The van der Waals surface area contributed by atoms with Crippen LogP contribution in [0.25, 0.3) is 0 Å². The molecule has 0 aliphatic carbocycles. The normalized spacial score (nSPS) is 11.5. The van der Waals surface area contributed by atoms with Gasteiger partial charge < -0.3 is 9.84 Å². The maximum atomic E-state index is 12.0. The van der Waals surface area contributed by atoms with Gasteiger partial charge in [-0.25, -0.2) is 23.1 Å². The summed E-state index contributed by atoms with van der Waals surface area (Å²) in [7, 11) is -3.64.